The molecule has 0 radical (unpaired) electrons. The molecule has 108 valence electrons. The van der Waals surface area contributed by atoms with Crippen LogP contribution >= 0.6 is 11.3 Å². The summed E-state index contributed by atoms with van der Waals surface area (Å²) in [5.74, 6) is 0. The molecule has 3 rings (SSSR count). The molecule has 2 N–H and O–H groups in total. The Morgan fingerprint density at radius 2 is 2.25 bits per heavy atom. The highest BCUT2D eigenvalue weighted by molar-refractivity contribution is 7.11. The van der Waals surface area contributed by atoms with Gasteiger partial charge in [-0.1, -0.05) is 0 Å². The lowest BCUT2D eigenvalue weighted by molar-refractivity contribution is 0.729. The summed E-state index contributed by atoms with van der Waals surface area (Å²) in [6, 6.07) is 8.45. The lowest BCUT2D eigenvalue weighted by Gasteiger charge is -1.95. The Hall–Kier alpha value is -1.39. The topological polar surface area (TPSA) is 37.0 Å². The van der Waals surface area contributed by atoms with Gasteiger partial charge < -0.3 is 10.6 Å². The van der Waals surface area contributed by atoms with Crippen LogP contribution < -0.4 is 10.6 Å². The molecule has 1 aliphatic rings. The molecule has 0 aliphatic carbocycles. The Balaban J connectivity index is 0.000000149. The summed E-state index contributed by atoms with van der Waals surface area (Å²) >= 11 is 1.91. The molecular formula is C16H23N3S. The monoisotopic (exact) mass is 289 g/mol. The van der Waals surface area contributed by atoms with Gasteiger partial charge in [-0.2, -0.15) is 0 Å². The van der Waals surface area contributed by atoms with E-state index in [1.807, 2.05) is 30.6 Å². The SMILES string of the molecule is CNCCCc1ccc(C)s1.c1cnc2c(c1)NCC2. The van der Waals surface area contributed by atoms with Crippen LogP contribution in [0.1, 0.15) is 21.9 Å². The third-order valence-electron chi connectivity index (χ3n) is 3.21. The minimum atomic E-state index is 1.05. The first kappa shape index (κ1) is 15.0. The van der Waals surface area contributed by atoms with E-state index < -0.39 is 0 Å². The van der Waals surface area contributed by atoms with Gasteiger partial charge in [0.1, 0.15) is 0 Å². The van der Waals surface area contributed by atoms with Crippen molar-refractivity contribution < 1.29 is 0 Å². The van der Waals surface area contributed by atoms with Gasteiger partial charge in [0.2, 0.25) is 0 Å². The van der Waals surface area contributed by atoms with Crippen molar-refractivity contribution in [2.75, 3.05) is 25.5 Å². The van der Waals surface area contributed by atoms with Crippen LogP contribution in [0.15, 0.2) is 30.5 Å². The Bertz CT molecular complexity index is 499. The van der Waals surface area contributed by atoms with Crippen molar-refractivity contribution in [3.8, 4) is 0 Å². The van der Waals surface area contributed by atoms with Crippen LogP contribution in [0.3, 0.4) is 0 Å². The second kappa shape index (κ2) is 8.02. The van der Waals surface area contributed by atoms with E-state index in [1.165, 1.54) is 34.0 Å². The first-order valence-electron chi connectivity index (χ1n) is 7.17. The van der Waals surface area contributed by atoms with E-state index in [9.17, 15) is 0 Å². The lowest BCUT2D eigenvalue weighted by Crippen LogP contribution is -2.07. The maximum Gasteiger partial charge on any atom is 0.0652 e. The first-order chi connectivity index (χ1) is 9.79. The van der Waals surface area contributed by atoms with E-state index >= 15 is 0 Å². The van der Waals surface area contributed by atoms with E-state index in [1.54, 1.807) is 0 Å². The minimum Gasteiger partial charge on any atom is -0.383 e. The predicted octanol–water partition coefficient (Wildman–Crippen LogP) is 3.26. The van der Waals surface area contributed by atoms with Crippen molar-refractivity contribution in [2.45, 2.75) is 26.2 Å². The molecule has 0 unspecified atom stereocenters. The van der Waals surface area contributed by atoms with Crippen molar-refractivity contribution in [1.29, 1.82) is 0 Å². The summed E-state index contributed by atoms with van der Waals surface area (Å²) in [6.45, 7) is 4.33. The zero-order chi connectivity index (χ0) is 14.2. The smallest absolute Gasteiger partial charge is 0.0652 e. The molecule has 0 spiro atoms. The largest absolute Gasteiger partial charge is 0.383 e. The molecule has 0 saturated heterocycles. The van der Waals surface area contributed by atoms with Crippen LogP contribution in [0, 0.1) is 6.92 Å². The number of pyridine rings is 1. The number of aryl methyl sites for hydroxylation is 2. The number of hydrogen-bond acceptors (Lipinski definition) is 4. The fraction of sp³-hybridized carbons (Fsp3) is 0.438. The van der Waals surface area contributed by atoms with Crippen LogP contribution in [-0.2, 0) is 12.8 Å². The van der Waals surface area contributed by atoms with Crippen LogP contribution in [0.4, 0.5) is 5.69 Å². The molecule has 0 saturated carbocycles. The van der Waals surface area contributed by atoms with Gasteiger partial charge in [0, 0.05) is 28.9 Å². The van der Waals surface area contributed by atoms with Crippen molar-refractivity contribution in [3.63, 3.8) is 0 Å². The molecule has 0 atom stereocenters. The van der Waals surface area contributed by atoms with E-state index in [-0.39, 0.29) is 0 Å². The van der Waals surface area contributed by atoms with E-state index in [0.29, 0.717) is 0 Å². The third-order valence-corrected chi connectivity index (χ3v) is 4.27. The number of rotatable bonds is 4. The fourth-order valence-corrected chi connectivity index (χ4v) is 3.10. The van der Waals surface area contributed by atoms with Crippen LogP contribution in [-0.4, -0.2) is 25.1 Å². The van der Waals surface area contributed by atoms with E-state index in [0.717, 1.165) is 19.5 Å². The Morgan fingerprint density at radius 1 is 1.35 bits per heavy atom. The highest BCUT2D eigenvalue weighted by Crippen LogP contribution is 2.17. The number of thiophene rings is 1. The Kier molecular flexibility index (Phi) is 6.02. The van der Waals surface area contributed by atoms with Crippen molar-refractivity contribution in [3.05, 3.63) is 45.9 Å². The summed E-state index contributed by atoms with van der Waals surface area (Å²) < 4.78 is 0. The standard InChI is InChI=1S/C9H15NS.C7H8N2/c1-8-5-6-9(11-8)4-3-7-10-2;1-2-6-7(8-4-1)3-5-9-6/h5-6,10H,3-4,7H2,1-2H3;1-2,4,9H,3,5H2. The zero-order valence-electron chi connectivity index (χ0n) is 12.3. The molecule has 0 bridgehead atoms. The molecule has 0 fully saturated rings. The highest BCUT2D eigenvalue weighted by Gasteiger charge is 2.07. The maximum absolute atomic E-state index is 4.20. The maximum atomic E-state index is 4.20. The molecular weight excluding hydrogens is 266 g/mol. The molecule has 2 aromatic heterocycles. The number of fused-ring (bicyclic) bond motifs is 1. The number of nitrogens with one attached hydrogen (secondary N) is 2. The molecule has 3 heterocycles. The predicted molar refractivity (Wildman–Crippen MR) is 87.7 cm³/mol. The molecule has 20 heavy (non-hydrogen) atoms. The number of hydrogen-bond donors (Lipinski definition) is 2. The van der Waals surface area contributed by atoms with Gasteiger partial charge in [-0.15, -0.1) is 11.3 Å². The molecule has 1 aliphatic heterocycles. The summed E-state index contributed by atoms with van der Waals surface area (Å²) in [5.41, 5.74) is 2.41. The van der Waals surface area contributed by atoms with Gasteiger partial charge in [0.15, 0.2) is 0 Å². The van der Waals surface area contributed by atoms with Crippen LogP contribution in [0.2, 0.25) is 0 Å². The summed E-state index contributed by atoms with van der Waals surface area (Å²) in [5, 5.41) is 6.39. The molecule has 4 heteroatoms. The average molecular weight is 289 g/mol. The van der Waals surface area contributed by atoms with Gasteiger partial charge >= 0.3 is 0 Å². The second-order valence-electron chi connectivity index (χ2n) is 4.89. The van der Waals surface area contributed by atoms with Crippen LogP contribution in [0.5, 0.6) is 0 Å². The normalized spacial score (nSPS) is 12.3. The average Bonchev–Trinajstić information content (AvgIpc) is 3.08. The number of nitrogens with zero attached hydrogens (tertiary/aromatic N) is 1. The number of anilines is 1. The highest BCUT2D eigenvalue weighted by atomic mass is 32.1. The summed E-state index contributed by atoms with van der Waals surface area (Å²) in [7, 11) is 2.00. The van der Waals surface area contributed by atoms with Crippen molar-refractivity contribution in [2.24, 2.45) is 0 Å². The summed E-state index contributed by atoms with van der Waals surface area (Å²) in [4.78, 5) is 7.13. The Labute approximate surface area is 125 Å². The van der Waals surface area contributed by atoms with Crippen molar-refractivity contribution in [1.82, 2.24) is 10.3 Å². The quantitative estimate of drug-likeness (QED) is 0.848. The van der Waals surface area contributed by atoms with Gasteiger partial charge in [-0.25, -0.2) is 0 Å². The lowest BCUT2D eigenvalue weighted by atomic mass is 10.2. The van der Waals surface area contributed by atoms with Crippen molar-refractivity contribution >= 4 is 17.0 Å². The molecule has 3 nitrogen and oxygen atoms in total. The Morgan fingerprint density at radius 3 is 2.95 bits per heavy atom. The molecule has 2 aromatic rings. The third kappa shape index (κ3) is 4.62. The van der Waals surface area contributed by atoms with Gasteiger partial charge in [0.25, 0.3) is 0 Å². The second-order valence-corrected chi connectivity index (χ2v) is 6.27. The van der Waals surface area contributed by atoms with E-state index in [4.69, 9.17) is 0 Å². The first-order valence-corrected chi connectivity index (χ1v) is 7.99. The summed E-state index contributed by atoms with van der Waals surface area (Å²) in [6.07, 6.45) is 5.39. The molecule has 0 aromatic carbocycles. The van der Waals surface area contributed by atoms with Gasteiger partial charge in [-0.05, 0) is 57.6 Å². The zero-order valence-corrected chi connectivity index (χ0v) is 13.1. The van der Waals surface area contributed by atoms with Crippen LogP contribution in [0.25, 0.3) is 0 Å². The van der Waals surface area contributed by atoms with Gasteiger partial charge in [-0.3, -0.25) is 4.98 Å². The minimum absolute atomic E-state index is 1.05. The number of aromatic nitrogens is 1. The van der Waals surface area contributed by atoms with Gasteiger partial charge in [0.05, 0.1) is 11.4 Å². The fourth-order valence-electron chi connectivity index (χ4n) is 2.17. The molecule has 0 amide bonds. The van der Waals surface area contributed by atoms with E-state index in [2.05, 4.69) is 40.7 Å².